The predicted octanol–water partition coefficient (Wildman–Crippen LogP) is 4.63. The van der Waals surface area contributed by atoms with E-state index >= 15 is 0 Å². The zero-order valence-corrected chi connectivity index (χ0v) is 19.9. The Kier molecular flexibility index (Phi) is 10.1. The van der Waals surface area contributed by atoms with Gasteiger partial charge >= 0.3 is 0 Å². The molecule has 1 saturated heterocycles. The summed E-state index contributed by atoms with van der Waals surface area (Å²) >= 11 is 0. The van der Waals surface area contributed by atoms with Gasteiger partial charge in [0, 0.05) is 44.6 Å². The summed E-state index contributed by atoms with van der Waals surface area (Å²) in [4.78, 5) is 6.85. The van der Waals surface area contributed by atoms with Crippen molar-refractivity contribution in [3.05, 3.63) is 60.2 Å². The van der Waals surface area contributed by atoms with Crippen LogP contribution >= 0.6 is 24.0 Å². The van der Waals surface area contributed by atoms with E-state index in [-0.39, 0.29) is 30.0 Å². The van der Waals surface area contributed by atoms with E-state index in [9.17, 15) is 0 Å². The number of guanidine groups is 1. The second kappa shape index (κ2) is 12.6. The van der Waals surface area contributed by atoms with E-state index in [0.29, 0.717) is 0 Å². The normalized spacial score (nSPS) is 14.8. The number of hydrogen-bond donors (Lipinski definition) is 3. The number of halogens is 1. The Morgan fingerprint density at radius 3 is 2.52 bits per heavy atom. The van der Waals surface area contributed by atoms with Crippen molar-refractivity contribution in [2.24, 2.45) is 4.99 Å². The summed E-state index contributed by atoms with van der Waals surface area (Å²) in [6, 6.07) is 19.4. The van der Waals surface area contributed by atoms with Crippen LogP contribution in [0.2, 0.25) is 0 Å². The highest BCUT2D eigenvalue weighted by Gasteiger charge is 2.14. The zero-order chi connectivity index (χ0) is 19.6. The third-order valence-corrected chi connectivity index (χ3v) is 5.17. The molecule has 1 aliphatic rings. The number of hydrogen-bond acceptors (Lipinski definition) is 3. The third-order valence-electron chi connectivity index (χ3n) is 5.17. The van der Waals surface area contributed by atoms with E-state index in [2.05, 4.69) is 69.2 Å². The van der Waals surface area contributed by atoms with Crippen LogP contribution in [-0.4, -0.2) is 39.2 Å². The third kappa shape index (κ3) is 7.42. The Labute approximate surface area is 192 Å². The van der Waals surface area contributed by atoms with E-state index < -0.39 is 0 Å². The molecule has 1 atom stereocenters. The van der Waals surface area contributed by atoms with Crippen molar-refractivity contribution in [1.82, 2.24) is 10.6 Å². The minimum Gasteiger partial charge on any atom is -0.385 e. The fourth-order valence-electron chi connectivity index (χ4n) is 3.53. The van der Waals surface area contributed by atoms with Gasteiger partial charge in [-0.15, -0.1) is 24.0 Å². The van der Waals surface area contributed by atoms with Gasteiger partial charge in [-0.05, 0) is 56.0 Å². The lowest BCUT2D eigenvalue weighted by Gasteiger charge is -2.22. The van der Waals surface area contributed by atoms with E-state index in [4.69, 9.17) is 0 Å². The van der Waals surface area contributed by atoms with Crippen LogP contribution in [0.4, 0.5) is 11.4 Å². The Bertz CT molecular complexity index is 744. The largest absolute Gasteiger partial charge is 0.385 e. The van der Waals surface area contributed by atoms with Gasteiger partial charge in [0.2, 0.25) is 0 Å². The maximum atomic E-state index is 4.37. The lowest BCUT2D eigenvalue weighted by molar-refractivity contribution is 0.678. The van der Waals surface area contributed by atoms with Crippen LogP contribution in [0.5, 0.6) is 0 Å². The quantitative estimate of drug-likeness (QED) is 0.211. The number of para-hydroxylation sites is 1. The van der Waals surface area contributed by atoms with Crippen molar-refractivity contribution in [2.75, 3.05) is 43.4 Å². The van der Waals surface area contributed by atoms with E-state index in [1.165, 1.54) is 37.2 Å². The molecule has 0 spiro atoms. The lowest BCUT2D eigenvalue weighted by Crippen LogP contribution is -2.39. The molecule has 0 bridgehead atoms. The van der Waals surface area contributed by atoms with Gasteiger partial charge in [0.25, 0.3) is 0 Å². The minimum absolute atomic E-state index is 0. The van der Waals surface area contributed by atoms with E-state index in [0.717, 1.165) is 31.2 Å². The minimum atomic E-state index is 0. The van der Waals surface area contributed by atoms with Gasteiger partial charge in [0.1, 0.15) is 0 Å². The SMILES string of the molecule is CN=C(NCCCNc1ccccc1)NC(C)c1cccc(N2CCCC2)c1.I. The summed E-state index contributed by atoms with van der Waals surface area (Å²) < 4.78 is 0. The molecule has 1 aliphatic heterocycles. The maximum Gasteiger partial charge on any atom is 0.191 e. The van der Waals surface area contributed by atoms with Gasteiger partial charge in [0.05, 0.1) is 6.04 Å². The van der Waals surface area contributed by atoms with Crippen LogP contribution in [0.1, 0.15) is 37.8 Å². The number of nitrogens with zero attached hydrogens (tertiary/aromatic N) is 2. The van der Waals surface area contributed by atoms with Crippen molar-refractivity contribution in [3.8, 4) is 0 Å². The second-order valence-corrected chi connectivity index (χ2v) is 7.30. The topological polar surface area (TPSA) is 51.7 Å². The molecule has 29 heavy (non-hydrogen) atoms. The van der Waals surface area contributed by atoms with Crippen molar-refractivity contribution < 1.29 is 0 Å². The van der Waals surface area contributed by atoms with Gasteiger partial charge in [-0.3, -0.25) is 4.99 Å². The molecule has 3 rings (SSSR count). The summed E-state index contributed by atoms with van der Waals surface area (Å²) in [5, 5.41) is 10.4. The summed E-state index contributed by atoms with van der Waals surface area (Å²) in [5.74, 6) is 0.846. The molecule has 6 heteroatoms. The lowest BCUT2D eigenvalue weighted by atomic mass is 10.1. The summed E-state index contributed by atoms with van der Waals surface area (Å²) in [7, 11) is 1.82. The molecule has 0 amide bonds. The number of benzene rings is 2. The fraction of sp³-hybridized carbons (Fsp3) is 0.435. The molecule has 0 aliphatic carbocycles. The van der Waals surface area contributed by atoms with Gasteiger partial charge in [0.15, 0.2) is 5.96 Å². The van der Waals surface area contributed by atoms with E-state index in [1.807, 2.05) is 25.2 Å². The molecule has 0 aromatic heterocycles. The monoisotopic (exact) mass is 507 g/mol. The van der Waals surface area contributed by atoms with Crippen molar-refractivity contribution in [3.63, 3.8) is 0 Å². The second-order valence-electron chi connectivity index (χ2n) is 7.30. The molecule has 3 N–H and O–H groups in total. The highest BCUT2D eigenvalue weighted by atomic mass is 127. The highest BCUT2D eigenvalue weighted by Crippen LogP contribution is 2.23. The molecule has 158 valence electrons. The summed E-state index contributed by atoms with van der Waals surface area (Å²) in [5.41, 5.74) is 3.79. The van der Waals surface area contributed by atoms with Gasteiger partial charge in [-0.1, -0.05) is 30.3 Å². The van der Waals surface area contributed by atoms with Gasteiger partial charge in [-0.25, -0.2) is 0 Å². The van der Waals surface area contributed by atoms with Crippen LogP contribution in [0.25, 0.3) is 0 Å². The smallest absolute Gasteiger partial charge is 0.191 e. The number of aliphatic imine (C=N–C) groups is 1. The van der Waals surface area contributed by atoms with Crippen LogP contribution < -0.4 is 20.9 Å². The standard InChI is InChI=1S/C23H33N5.HI/c1-19(20-10-8-13-22(18-20)28-16-6-7-17-28)27-23(24-2)26-15-9-14-25-21-11-4-3-5-12-21;/h3-5,8,10-13,18-19,25H,6-7,9,14-17H2,1-2H3,(H2,24,26,27);1H. The van der Waals surface area contributed by atoms with Gasteiger partial charge in [-0.2, -0.15) is 0 Å². The number of rotatable bonds is 8. The number of anilines is 2. The molecular formula is C23H34IN5. The van der Waals surface area contributed by atoms with Crippen molar-refractivity contribution >= 4 is 41.3 Å². The molecule has 1 heterocycles. The number of nitrogens with one attached hydrogen (secondary N) is 3. The summed E-state index contributed by atoms with van der Waals surface area (Å²) in [6.07, 6.45) is 3.62. The Morgan fingerprint density at radius 2 is 1.79 bits per heavy atom. The fourth-order valence-corrected chi connectivity index (χ4v) is 3.53. The van der Waals surface area contributed by atoms with Crippen LogP contribution in [0, 0.1) is 0 Å². The highest BCUT2D eigenvalue weighted by molar-refractivity contribution is 14.0. The average molecular weight is 507 g/mol. The first kappa shape index (κ1) is 23.3. The molecule has 0 radical (unpaired) electrons. The predicted molar refractivity (Wildman–Crippen MR) is 136 cm³/mol. The van der Waals surface area contributed by atoms with Crippen LogP contribution in [-0.2, 0) is 0 Å². The van der Waals surface area contributed by atoms with Crippen molar-refractivity contribution in [1.29, 1.82) is 0 Å². The van der Waals surface area contributed by atoms with Crippen LogP contribution in [0.15, 0.2) is 59.6 Å². The molecular weight excluding hydrogens is 473 g/mol. The Hall–Kier alpha value is -1.96. The van der Waals surface area contributed by atoms with E-state index in [1.54, 1.807) is 0 Å². The Morgan fingerprint density at radius 1 is 1.03 bits per heavy atom. The molecule has 0 saturated carbocycles. The molecule has 1 unspecified atom stereocenters. The molecule has 5 nitrogen and oxygen atoms in total. The van der Waals surface area contributed by atoms with Gasteiger partial charge < -0.3 is 20.9 Å². The Balaban J connectivity index is 0.00000300. The maximum absolute atomic E-state index is 4.37. The molecule has 1 fully saturated rings. The van der Waals surface area contributed by atoms with Crippen LogP contribution in [0.3, 0.4) is 0 Å². The first-order chi connectivity index (χ1) is 13.8. The zero-order valence-electron chi connectivity index (χ0n) is 17.5. The first-order valence-electron chi connectivity index (χ1n) is 10.4. The van der Waals surface area contributed by atoms with Crippen molar-refractivity contribution in [2.45, 2.75) is 32.2 Å². The summed E-state index contributed by atoms with van der Waals surface area (Å²) in [6.45, 7) is 6.34. The average Bonchev–Trinajstić information content (AvgIpc) is 3.28. The molecule has 2 aromatic rings. The molecule has 2 aromatic carbocycles. The first-order valence-corrected chi connectivity index (χ1v) is 10.4.